The molecule has 5 nitrogen and oxygen atoms in total. The van der Waals surface area contributed by atoms with E-state index >= 15 is 0 Å². The van der Waals surface area contributed by atoms with Gasteiger partial charge in [-0.25, -0.2) is 5.84 Å². The van der Waals surface area contributed by atoms with Gasteiger partial charge < -0.3 is 9.47 Å². The number of amides is 1. The van der Waals surface area contributed by atoms with Gasteiger partial charge in [-0.15, -0.1) is 0 Å². The van der Waals surface area contributed by atoms with Gasteiger partial charge in [-0.2, -0.15) is 0 Å². The minimum atomic E-state index is -0.312. The first-order chi connectivity index (χ1) is 5.83. The minimum Gasteiger partial charge on any atom is -0.376 e. The van der Waals surface area contributed by atoms with Gasteiger partial charge in [0.05, 0.1) is 12.7 Å². The summed E-state index contributed by atoms with van der Waals surface area (Å²) >= 11 is 0. The summed E-state index contributed by atoms with van der Waals surface area (Å²) in [5, 5.41) is 0. The van der Waals surface area contributed by atoms with Crippen molar-refractivity contribution >= 4 is 5.91 Å². The molecule has 12 heavy (non-hydrogen) atoms. The molecule has 0 bridgehead atoms. The van der Waals surface area contributed by atoms with E-state index in [2.05, 4.69) is 0 Å². The van der Waals surface area contributed by atoms with Gasteiger partial charge in [-0.1, -0.05) is 0 Å². The highest BCUT2D eigenvalue weighted by molar-refractivity contribution is 5.76. The van der Waals surface area contributed by atoms with Crippen LogP contribution < -0.4 is 11.3 Å². The predicted octanol–water partition coefficient (Wildman–Crippen LogP) is -0.828. The summed E-state index contributed by atoms with van der Waals surface area (Å²) in [6.07, 6.45) is 2.26. The molecule has 0 radical (unpaired) electrons. The summed E-state index contributed by atoms with van der Waals surface area (Å²) in [7, 11) is 0. The van der Waals surface area contributed by atoms with Crippen molar-refractivity contribution in [2.24, 2.45) is 5.84 Å². The maximum Gasteiger partial charge on any atom is 0.259 e. The van der Waals surface area contributed by atoms with Crippen molar-refractivity contribution in [1.29, 1.82) is 0 Å². The molecule has 0 saturated carbocycles. The lowest BCUT2D eigenvalue weighted by Crippen LogP contribution is -2.34. The van der Waals surface area contributed by atoms with Crippen molar-refractivity contribution in [3.8, 4) is 0 Å². The van der Waals surface area contributed by atoms with Gasteiger partial charge >= 0.3 is 0 Å². The number of carbonyl (C=O) groups is 1. The van der Waals surface area contributed by atoms with Gasteiger partial charge in [-0.3, -0.25) is 10.2 Å². The highest BCUT2D eigenvalue weighted by Gasteiger charge is 2.15. The van der Waals surface area contributed by atoms with Gasteiger partial charge in [0.1, 0.15) is 6.61 Å². The summed E-state index contributed by atoms with van der Waals surface area (Å²) in [6.45, 7) is 1.29. The quantitative estimate of drug-likeness (QED) is 0.331. The van der Waals surface area contributed by atoms with E-state index in [0.717, 1.165) is 19.4 Å². The standard InChI is InChI=1S/C7H14N2O3/c8-9-7(10)5-11-4-6-2-1-3-12-6/h6H,1-5,8H2,(H,9,10). The summed E-state index contributed by atoms with van der Waals surface area (Å²) in [6, 6.07) is 0. The van der Waals surface area contributed by atoms with E-state index < -0.39 is 0 Å². The van der Waals surface area contributed by atoms with E-state index in [1.165, 1.54) is 0 Å². The van der Waals surface area contributed by atoms with Crippen LogP contribution >= 0.6 is 0 Å². The minimum absolute atomic E-state index is 0.0103. The van der Waals surface area contributed by atoms with Crippen LogP contribution in [0.3, 0.4) is 0 Å². The third-order valence-electron chi connectivity index (χ3n) is 1.72. The normalized spacial score (nSPS) is 22.6. The van der Waals surface area contributed by atoms with Crippen LogP contribution in [-0.2, 0) is 14.3 Å². The average Bonchev–Trinajstić information content (AvgIpc) is 2.57. The number of ether oxygens (including phenoxy) is 2. The van der Waals surface area contributed by atoms with Crippen molar-refractivity contribution in [2.75, 3.05) is 19.8 Å². The van der Waals surface area contributed by atoms with Gasteiger partial charge in [0.25, 0.3) is 5.91 Å². The maximum atomic E-state index is 10.6. The molecule has 0 aliphatic carbocycles. The molecular weight excluding hydrogens is 160 g/mol. The number of carbonyl (C=O) groups excluding carboxylic acids is 1. The Bertz CT molecular complexity index is 146. The van der Waals surface area contributed by atoms with Crippen LogP contribution in [0.15, 0.2) is 0 Å². The fraction of sp³-hybridized carbons (Fsp3) is 0.857. The van der Waals surface area contributed by atoms with Crippen LogP contribution in [0.4, 0.5) is 0 Å². The van der Waals surface area contributed by atoms with Crippen LogP contribution in [0.25, 0.3) is 0 Å². The van der Waals surface area contributed by atoms with Crippen molar-refractivity contribution < 1.29 is 14.3 Å². The molecule has 1 atom stereocenters. The molecule has 1 unspecified atom stereocenters. The first kappa shape index (κ1) is 9.44. The molecule has 1 fully saturated rings. The number of nitrogens with two attached hydrogens (primary N) is 1. The molecular formula is C7H14N2O3. The van der Waals surface area contributed by atoms with Gasteiger partial charge in [-0.05, 0) is 12.8 Å². The molecule has 70 valence electrons. The Morgan fingerprint density at radius 2 is 2.58 bits per heavy atom. The Hall–Kier alpha value is -0.650. The second kappa shape index (κ2) is 5.08. The fourth-order valence-electron chi connectivity index (χ4n) is 1.10. The second-order valence-corrected chi connectivity index (χ2v) is 2.72. The molecule has 1 saturated heterocycles. The number of rotatable bonds is 4. The van der Waals surface area contributed by atoms with Crippen molar-refractivity contribution in [1.82, 2.24) is 5.43 Å². The Balaban J connectivity index is 1.97. The number of nitrogens with one attached hydrogen (secondary N) is 1. The Morgan fingerprint density at radius 1 is 1.75 bits per heavy atom. The largest absolute Gasteiger partial charge is 0.376 e. The Morgan fingerprint density at radius 3 is 3.17 bits per heavy atom. The molecule has 1 aliphatic heterocycles. The van der Waals surface area contributed by atoms with Crippen LogP contribution in [-0.4, -0.2) is 31.8 Å². The first-order valence-corrected chi connectivity index (χ1v) is 4.01. The molecule has 1 rings (SSSR count). The lowest BCUT2D eigenvalue weighted by Gasteiger charge is -2.08. The van der Waals surface area contributed by atoms with E-state index in [1.807, 2.05) is 5.43 Å². The van der Waals surface area contributed by atoms with Gasteiger partial charge in [0, 0.05) is 6.61 Å². The average molecular weight is 174 g/mol. The topological polar surface area (TPSA) is 73.6 Å². The SMILES string of the molecule is NNC(=O)COCC1CCCO1. The van der Waals surface area contributed by atoms with Gasteiger partial charge in [0.15, 0.2) is 0 Å². The van der Waals surface area contributed by atoms with E-state index in [4.69, 9.17) is 15.3 Å². The molecule has 0 aromatic rings. The molecule has 1 aliphatic rings. The van der Waals surface area contributed by atoms with Crippen LogP contribution in [0.1, 0.15) is 12.8 Å². The third kappa shape index (κ3) is 3.17. The highest BCUT2D eigenvalue weighted by atomic mass is 16.5. The second-order valence-electron chi connectivity index (χ2n) is 2.72. The lowest BCUT2D eigenvalue weighted by molar-refractivity contribution is -0.126. The third-order valence-corrected chi connectivity index (χ3v) is 1.72. The summed E-state index contributed by atoms with van der Waals surface area (Å²) in [5.74, 6) is 4.54. The van der Waals surface area contributed by atoms with E-state index in [-0.39, 0.29) is 18.6 Å². The van der Waals surface area contributed by atoms with Crippen molar-refractivity contribution in [3.63, 3.8) is 0 Å². The molecule has 0 spiro atoms. The Kier molecular flexibility index (Phi) is 3.99. The van der Waals surface area contributed by atoms with Crippen LogP contribution in [0.2, 0.25) is 0 Å². The van der Waals surface area contributed by atoms with Crippen molar-refractivity contribution in [2.45, 2.75) is 18.9 Å². The molecule has 1 heterocycles. The van der Waals surface area contributed by atoms with E-state index in [1.54, 1.807) is 0 Å². The zero-order valence-corrected chi connectivity index (χ0v) is 6.91. The zero-order chi connectivity index (χ0) is 8.81. The lowest BCUT2D eigenvalue weighted by atomic mass is 10.2. The molecule has 0 aromatic heterocycles. The summed E-state index contributed by atoms with van der Waals surface area (Å²) in [5.41, 5.74) is 1.99. The summed E-state index contributed by atoms with van der Waals surface area (Å²) in [4.78, 5) is 10.6. The number of hydrogen-bond donors (Lipinski definition) is 2. The number of hydrogen-bond acceptors (Lipinski definition) is 4. The zero-order valence-electron chi connectivity index (χ0n) is 6.91. The monoisotopic (exact) mass is 174 g/mol. The summed E-state index contributed by atoms with van der Waals surface area (Å²) < 4.78 is 10.3. The maximum absolute atomic E-state index is 10.6. The van der Waals surface area contributed by atoms with Crippen LogP contribution in [0.5, 0.6) is 0 Å². The molecule has 5 heteroatoms. The first-order valence-electron chi connectivity index (χ1n) is 4.01. The molecule has 1 amide bonds. The van der Waals surface area contributed by atoms with Crippen molar-refractivity contribution in [3.05, 3.63) is 0 Å². The Labute approximate surface area is 71.2 Å². The molecule has 3 N–H and O–H groups in total. The smallest absolute Gasteiger partial charge is 0.259 e. The van der Waals surface area contributed by atoms with E-state index in [9.17, 15) is 4.79 Å². The van der Waals surface area contributed by atoms with Crippen LogP contribution in [0, 0.1) is 0 Å². The predicted molar refractivity (Wildman–Crippen MR) is 42.1 cm³/mol. The molecule has 0 aromatic carbocycles. The fourth-order valence-corrected chi connectivity index (χ4v) is 1.10. The highest BCUT2D eigenvalue weighted by Crippen LogP contribution is 2.11. The van der Waals surface area contributed by atoms with E-state index in [0.29, 0.717) is 6.61 Å². The van der Waals surface area contributed by atoms with Gasteiger partial charge in [0.2, 0.25) is 0 Å². The number of hydrazine groups is 1.